The summed E-state index contributed by atoms with van der Waals surface area (Å²) in [5, 5.41) is -0.228. The van der Waals surface area contributed by atoms with Gasteiger partial charge in [0, 0.05) is 14.2 Å². The number of hydrogen-bond acceptors (Lipinski definition) is 1. The standard InChI is InChI=1S/C12H9BrClFS/c1-7-2-5-11(16-7)12(14)9-4-3-8(15)6-10(9)13/h2-6,12H,1H3. The lowest BCUT2D eigenvalue weighted by molar-refractivity contribution is 0.626. The van der Waals surface area contributed by atoms with Crippen LogP contribution in [0.4, 0.5) is 4.39 Å². The lowest BCUT2D eigenvalue weighted by atomic mass is 10.1. The van der Waals surface area contributed by atoms with Crippen molar-refractivity contribution in [1.29, 1.82) is 0 Å². The lowest BCUT2D eigenvalue weighted by Crippen LogP contribution is -1.92. The first-order valence-corrected chi connectivity index (χ1v) is 6.78. The molecule has 0 N–H and O–H groups in total. The summed E-state index contributed by atoms with van der Waals surface area (Å²) < 4.78 is 13.7. The zero-order chi connectivity index (χ0) is 11.7. The molecule has 1 atom stereocenters. The van der Waals surface area contributed by atoms with E-state index in [2.05, 4.69) is 15.9 Å². The van der Waals surface area contributed by atoms with Crippen LogP contribution < -0.4 is 0 Å². The molecule has 1 unspecified atom stereocenters. The van der Waals surface area contributed by atoms with Crippen molar-refractivity contribution < 1.29 is 4.39 Å². The average Bonchev–Trinajstić information content (AvgIpc) is 2.64. The highest BCUT2D eigenvalue weighted by Gasteiger charge is 2.15. The normalized spacial score (nSPS) is 12.8. The predicted octanol–water partition coefficient (Wildman–Crippen LogP) is 5.29. The molecule has 1 aromatic heterocycles. The quantitative estimate of drug-likeness (QED) is 0.660. The molecule has 0 aliphatic rings. The smallest absolute Gasteiger partial charge is 0.124 e. The molecule has 0 nitrogen and oxygen atoms in total. The molecule has 4 heteroatoms. The Kier molecular flexibility index (Phi) is 3.67. The topological polar surface area (TPSA) is 0 Å². The van der Waals surface area contributed by atoms with E-state index in [9.17, 15) is 4.39 Å². The second kappa shape index (κ2) is 4.86. The zero-order valence-corrected chi connectivity index (χ0v) is 11.7. The van der Waals surface area contributed by atoms with Gasteiger partial charge >= 0.3 is 0 Å². The van der Waals surface area contributed by atoms with E-state index in [1.54, 1.807) is 17.4 Å². The number of hydrogen-bond donors (Lipinski definition) is 0. The molecule has 0 aliphatic carbocycles. The number of thiophene rings is 1. The van der Waals surface area contributed by atoms with Crippen molar-refractivity contribution >= 4 is 38.9 Å². The van der Waals surface area contributed by atoms with Crippen molar-refractivity contribution in [3.05, 3.63) is 55.9 Å². The minimum absolute atomic E-state index is 0.228. The summed E-state index contributed by atoms with van der Waals surface area (Å²) in [5.41, 5.74) is 0.893. The number of rotatable bonds is 2. The Bertz CT molecular complexity index is 509. The Morgan fingerprint density at radius 1 is 1.31 bits per heavy atom. The molecule has 84 valence electrons. The van der Waals surface area contributed by atoms with Gasteiger partial charge in [-0.1, -0.05) is 22.0 Å². The highest BCUT2D eigenvalue weighted by atomic mass is 79.9. The number of alkyl halides is 1. The van der Waals surface area contributed by atoms with Gasteiger partial charge in [0.1, 0.15) is 5.82 Å². The van der Waals surface area contributed by atoms with Gasteiger partial charge in [0.25, 0.3) is 0 Å². The summed E-state index contributed by atoms with van der Waals surface area (Å²) in [7, 11) is 0. The number of benzene rings is 1. The van der Waals surface area contributed by atoms with Crippen molar-refractivity contribution in [3.8, 4) is 0 Å². The molecule has 1 aromatic carbocycles. The maximum atomic E-state index is 12.9. The first kappa shape index (κ1) is 12.1. The highest BCUT2D eigenvalue weighted by molar-refractivity contribution is 9.10. The number of halogens is 3. The molecule has 0 bridgehead atoms. The van der Waals surface area contributed by atoms with E-state index in [0.717, 1.165) is 10.4 Å². The van der Waals surface area contributed by atoms with Gasteiger partial charge in [-0.15, -0.1) is 22.9 Å². The van der Waals surface area contributed by atoms with Crippen LogP contribution in [0.3, 0.4) is 0 Å². The molecule has 0 aliphatic heterocycles. The third kappa shape index (κ3) is 2.47. The maximum Gasteiger partial charge on any atom is 0.124 e. The lowest BCUT2D eigenvalue weighted by Gasteiger charge is -2.09. The summed E-state index contributed by atoms with van der Waals surface area (Å²) in [6.45, 7) is 2.04. The summed E-state index contributed by atoms with van der Waals surface area (Å²) >= 11 is 11.3. The van der Waals surface area contributed by atoms with E-state index in [1.165, 1.54) is 17.0 Å². The Balaban J connectivity index is 2.37. The maximum absolute atomic E-state index is 12.9. The van der Waals surface area contributed by atoms with Crippen LogP contribution in [-0.2, 0) is 0 Å². The van der Waals surface area contributed by atoms with Gasteiger partial charge in [0.2, 0.25) is 0 Å². The van der Waals surface area contributed by atoms with Crippen LogP contribution in [0.2, 0.25) is 0 Å². The van der Waals surface area contributed by atoms with Gasteiger partial charge in [-0.3, -0.25) is 0 Å². The molecule has 2 aromatic rings. The van der Waals surface area contributed by atoms with E-state index >= 15 is 0 Å². The SMILES string of the molecule is Cc1ccc(C(Cl)c2ccc(F)cc2Br)s1. The van der Waals surface area contributed by atoms with Gasteiger partial charge in [-0.2, -0.15) is 0 Å². The van der Waals surface area contributed by atoms with Crippen molar-refractivity contribution in [3.63, 3.8) is 0 Å². The van der Waals surface area contributed by atoms with Crippen molar-refractivity contribution in [2.75, 3.05) is 0 Å². The van der Waals surface area contributed by atoms with Crippen LogP contribution in [0.5, 0.6) is 0 Å². The fraction of sp³-hybridized carbons (Fsp3) is 0.167. The third-order valence-electron chi connectivity index (χ3n) is 2.25. The average molecular weight is 320 g/mol. The van der Waals surface area contributed by atoms with Crippen LogP contribution in [0, 0.1) is 12.7 Å². The molecular formula is C12H9BrClFS. The predicted molar refractivity (Wildman–Crippen MR) is 70.9 cm³/mol. The van der Waals surface area contributed by atoms with Gasteiger partial charge in [0.15, 0.2) is 0 Å². The molecule has 0 amide bonds. The molecule has 0 spiro atoms. The van der Waals surface area contributed by atoms with Gasteiger partial charge in [-0.25, -0.2) is 4.39 Å². The van der Waals surface area contributed by atoms with E-state index in [0.29, 0.717) is 4.47 Å². The number of aryl methyl sites for hydroxylation is 1. The molecule has 0 saturated heterocycles. The molecule has 16 heavy (non-hydrogen) atoms. The van der Waals surface area contributed by atoms with E-state index in [4.69, 9.17) is 11.6 Å². The highest BCUT2D eigenvalue weighted by Crippen LogP contribution is 2.37. The molecule has 2 rings (SSSR count). The first-order chi connectivity index (χ1) is 7.58. The molecule has 0 radical (unpaired) electrons. The minimum Gasteiger partial charge on any atom is -0.207 e. The van der Waals surface area contributed by atoms with Crippen molar-refractivity contribution in [1.82, 2.24) is 0 Å². The van der Waals surface area contributed by atoms with E-state index < -0.39 is 0 Å². The second-order valence-corrected chi connectivity index (χ2v) is 6.09. The first-order valence-electron chi connectivity index (χ1n) is 4.73. The van der Waals surface area contributed by atoms with E-state index in [-0.39, 0.29) is 11.2 Å². The fourth-order valence-electron chi connectivity index (χ4n) is 1.45. The summed E-state index contributed by atoms with van der Waals surface area (Å²) in [6, 6.07) is 8.62. The summed E-state index contributed by atoms with van der Waals surface area (Å²) in [5.74, 6) is -0.262. The Hall–Kier alpha value is -0.380. The second-order valence-electron chi connectivity index (χ2n) is 3.48. The van der Waals surface area contributed by atoms with Gasteiger partial charge < -0.3 is 0 Å². The van der Waals surface area contributed by atoms with Crippen LogP contribution >= 0.6 is 38.9 Å². The molecular weight excluding hydrogens is 311 g/mol. The Morgan fingerprint density at radius 2 is 2.06 bits per heavy atom. The molecule has 0 fully saturated rings. The summed E-state index contributed by atoms with van der Waals surface area (Å²) in [4.78, 5) is 2.30. The fourth-order valence-corrected chi connectivity index (χ4v) is 3.43. The Labute approximate surface area is 111 Å². The van der Waals surface area contributed by atoms with Crippen LogP contribution in [0.25, 0.3) is 0 Å². The van der Waals surface area contributed by atoms with E-state index in [1.807, 2.05) is 19.1 Å². The third-order valence-corrected chi connectivity index (χ3v) is 4.60. The van der Waals surface area contributed by atoms with Crippen LogP contribution in [-0.4, -0.2) is 0 Å². The monoisotopic (exact) mass is 318 g/mol. The summed E-state index contributed by atoms with van der Waals surface area (Å²) in [6.07, 6.45) is 0. The molecule has 1 heterocycles. The van der Waals surface area contributed by atoms with Gasteiger partial charge in [0.05, 0.1) is 5.38 Å². The largest absolute Gasteiger partial charge is 0.207 e. The van der Waals surface area contributed by atoms with Crippen LogP contribution in [0.1, 0.15) is 20.7 Å². The Morgan fingerprint density at radius 3 is 2.62 bits per heavy atom. The zero-order valence-electron chi connectivity index (χ0n) is 8.51. The molecule has 0 saturated carbocycles. The van der Waals surface area contributed by atoms with Gasteiger partial charge in [-0.05, 0) is 36.8 Å². The van der Waals surface area contributed by atoms with Crippen molar-refractivity contribution in [2.24, 2.45) is 0 Å². The van der Waals surface area contributed by atoms with Crippen LogP contribution in [0.15, 0.2) is 34.8 Å². The minimum atomic E-state index is -0.262. The van der Waals surface area contributed by atoms with Crippen molar-refractivity contribution in [2.45, 2.75) is 12.3 Å².